The van der Waals surface area contributed by atoms with Gasteiger partial charge in [-0.1, -0.05) is 161 Å². The molecule has 5 nitrogen and oxygen atoms in total. The number of aliphatic hydroxyl groups is 1. The molecule has 0 bridgehead atoms. The molecule has 290 valence electrons. The summed E-state index contributed by atoms with van der Waals surface area (Å²) in [4.78, 5) is 24.2. The summed E-state index contributed by atoms with van der Waals surface area (Å²) < 4.78 is 10.5. The highest BCUT2D eigenvalue weighted by Gasteiger charge is 2.15. The lowest BCUT2D eigenvalue weighted by molar-refractivity contribution is -0.161. The van der Waals surface area contributed by atoms with Crippen LogP contribution in [0.3, 0.4) is 0 Å². The predicted molar refractivity (Wildman–Crippen MR) is 223 cm³/mol. The van der Waals surface area contributed by atoms with E-state index in [9.17, 15) is 14.7 Å². The van der Waals surface area contributed by atoms with E-state index in [0.29, 0.717) is 12.8 Å². The maximum absolute atomic E-state index is 12.1. The average molecular weight is 717 g/mol. The number of hydrogen-bond donors (Lipinski definition) is 1. The Balaban J connectivity index is 3.85. The quantitative estimate of drug-likeness (QED) is 0.0408. The minimum absolute atomic E-state index is 0.144. The first-order valence-electron chi connectivity index (χ1n) is 20.1. The third-order valence-electron chi connectivity index (χ3n) is 7.75. The molecule has 0 saturated heterocycles. The molecule has 1 N–H and O–H groups in total. The molecule has 0 fully saturated rings. The molecule has 0 heterocycles. The number of carbonyl (C=O) groups excluding carboxylic acids is 2. The van der Waals surface area contributed by atoms with E-state index in [2.05, 4.69) is 111 Å². The molecule has 52 heavy (non-hydrogen) atoms. The lowest BCUT2D eigenvalue weighted by Gasteiger charge is -2.15. The average Bonchev–Trinajstić information content (AvgIpc) is 3.15. The van der Waals surface area contributed by atoms with Crippen LogP contribution >= 0.6 is 0 Å². The lowest BCUT2D eigenvalue weighted by atomic mass is 10.2. The molecule has 0 radical (unpaired) electrons. The smallest absolute Gasteiger partial charge is 0.306 e. The van der Waals surface area contributed by atoms with Gasteiger partial charge >= 0.3 is 11.9 Å². The van der Waals surface area contributed by atoms with Crippen molar-refractivity contribution >= 4 is 11.9 Å². The van der Waals surface area contributed by atoms with E-state index in [-0.39, 0.29) is 25.4 Å². The fourth-order valence-electron chi connectivity index (χ4n) is 4.69. The maximum Gasteiger partial charge on any atom is 0.306 e. The van der Waals surface area contributed by atoms with Crippen molar-refractivity contribution in [1.82, 2.24) is 0 Å². The van der Waals surface area contributed by atoms with Crippen molar-refractivity contribution in [2.75, 3.05) is 13.2 Å². The Hall–Kier alpha value is -3.70. The zero-order chi connectivity index (χ0) is 37.8. The number of rotatable bonds is 34. The number of aliphatic hydroxyl groups excluding tert-OH is 1. The standard InChI is InChI=1S/C47H72O5/c1-3-5-7-9-11-13-15-17-19-21-23-25-27-29-31-33-35-37-39-41-46(49)51-44-45(43-48)52-47(50)42-40-38-36-34-32-30-28-26-24-22-20-18-16-14-12-10-8-6-4-2/h11-14,17-20,23-26,29-32,35-38,45,48H,3-10,15-16,21-22,27-28,33-34,39-44H2,1-2H3/b13-11-,14-12-,19-17-,20-18-,25-23-,26-24-,31-29-,32-30-,37-35-,38-36-/t45-/m0/s1. The molecule has 0 spiro atoms. The van der Waals surface area contributed by atoms with Crippen LogP contribution in [0.15, 0.2) is 122 Å². The highest BCUT2D eigenvalue weighted by molar-refractivity contribution is 5.70. The second-order valence-electron chi connectivity index (χ2n) is 12.6. The predicted octanol–water partition coefficient (Wildman–Crippen LogP) is 12.8. The van der Waals surface area contributed by atoms with Gasteiger partial charge in [-0.05, 0) is 89.9 Å². The Morgan fingerprint density at radius 3 is 1.08 bits per heavy atom. The number of carbonyl (C=O) groups is 2. The monoisotopic (exact) mass is 717 g/mol. The summed E-state index contributed by atoms with van der Waals surface area (Å²) in [5.74, 6) is -0.797. The minimum atomic E-state index is -0.850. The normalized spacial score (nSPS) is 13.5. The molecule has 0 aromatic heterocycles. The summed E-state index contributed by atoms with van der Waals surface area (Å²) in [6.45, 7) is 3.93. The second kappa shape index (κ2) is 41.7. The van der Waals surface area contributed by atoms with Gasteiger partial charge in [0, 0.05) is 12.8 Å². The van der Waals surface area contributed by atoms with Crippen LogP contribution in [0.25, 0.3) is 0 Å². The topological polar surface area (TPSA) is 72.8 Å². The summed E-state index contributed by atoms with van der Waals surface area (Å²) in [5, 5.41) is 9.54. The van der Waals surface area contributed by atoms with Crippen LogP contribution in [0.2, 0.25) is 0 Å². The molecule has 5 heteroatoms. The van der Waals surface area contributed by atoms with Gasteiger partial charge in [0.2, 0.25) is 0 Å². The van der Waals surface area contributed by atoms with Crippen molar-refractivity contribution in [3.05, 3.63) is 122 Å². The van der Waals surface area contributed by atoms with E-state index in [1.54, 1.807) is 0 Å². The highest BCUT2D eigenvalue weighted by Crippen LogP contribution is 2.05. The number of esters is 2. The minimum Gasteiger partial charge on any atom is -0.462 e. The molecule has 0 unspecified atom stereocenters. The number of unbranched alkanes of at least 4 members (excludes halogenated alkanes) is 6. The Morgan fingerprint density at radius 1 is 0.442 bits per heavy atom. The third kappa shape index (κ3) is 39.1. The molecule has 0 amide bonds. The van der Waals surface area contributed by atoms with E-state index < -0.39 is 18.7 Å². The summed E-state index contributed by atoms with van der Waals surface area (Å²) in [6, 6.07) is 0. The first-order valence-corrected chi connectivity index (χ1v) is 20.1. The van der Waals surface area contributed by atoms with Crippen LogP contribution in [-0.4, -0.2) is 36.4 Å². The third-order valence-corrected chi connectivity index (χ3v) is 7.75. The Bertz CT molecular complexity index is 1130. The molecule has 0 aromatic rings. The molecule has 0 rings (SSSR count). The Morgan fingerprint density at radius 2 is 0.750 bits per heavy atom. The van der Waals surface area contributed by atoms with Crippen LogP contribution in [-0.2, 0) is 19.1 Å². The molecule has 0 saturated carbocycles. The zero-order valence-electron chi connectivity index (χ0n) is 32.8. The molecule has 0 aliphatic carbocycles. The Kier molecular flexibility index (Phi) is 38.8. The van der Waals surface area contributed by atoms with Crippen LogP contribution < -0.4 is 0 Å². The van der Waals surface area contributed by atoms with E-state index in [4.69, 9.17) is 9.47 Å². The fraction of sp³-hybridized carbons (Fsp3) is 0.532. The SMILES string of the molecule is CCCCC/C=C\C/C=C\C/C=C\C/C=C\C/C=C\CCC(=O)OC[C@H](CO)OC(=O)CC/C=C\C/C=C\C/C=C\C/C=C\C/C=C\CCCCC. The summed E-state index contributed by atoms with van der Waals surface area (Å²) in [7, 11) is 0. The first kappa shape index (κ1) is 48.3. The van der Waals surface area contributed by atoms with Gasteiger partial charge in [-0.25, -0.2) is 0 Å². The van der Waals surface area contributed by atoms with Gasteiger partial charge in [-0.2, -0.15) is 0 Å². The van der Waals surface area contributed by atoms with Crippen molar-refractivity contribution in [2.45, 2.75) is 148 Å². The molecule has 1 atom stereocenters. The van der Waals surface area contributed by atoms with Crippen molar-refractivity contribution in [2.24, 2.45) is 0 Å². The number of hydrogen-bond acceptors (Lipinski definition) is 5. The molecule has 0 aliphatic rings. The van der Waals surface area contributed by atoms with Gasteiger partial charge < -0.3 is 14.6 Å². The lowest BCUT2D eigenvalue weighted by Crippen LogP contribution is -2.28. The van der Waals surface area contributed by atoms with Crippen molar-refractivity contribution in [1.29, 1.82) is 0 Å². The molecule has 0 aromatic carbocycles. The second-order valence-corrected chi connectivity index (χ2v) is 12.6. The highest BCUT2D eigenvalue weighted by atomic mass is 16.6. The van der Waals surface area contributed by atoms with E-state index >= 15 is 0 Å². The summed E-state index contributed by atoms with van der Waals surface area (Å²) in [6.07, 6.45) is 61.3. The molecular weight excluding hydrogens is 645 g/mol. The van der Waals surface area contributed by atoms with Gasteiger partial charge in [-0.3, -0.25) is 9.59 Å². The maximum atomic E-state index is 12.1. The Labute approximate surface area is 318 Å². The van der Waals surface area contributed by atoms with Gasteiger partial charge in [0.1, 0.15) is 6.61 Å². The van der Waals surface area contributed by atoms with Crippen LogP contribution in [0, 0.1) is 0 Å². The molecular formula is C47H72O5. The van der Waals surface area contributed by atoms with E-state index in [1.807, 2.05) is 24.3 Å². The van der Waals surface area contributed by atoms with Gasteiger partial charge in [0.05, 0.1) is 6.61 Å². The zero-order valence-corrected chi connectivity index (χ0v) is 32.8. The van der Waals surface area contributed by atoms with Gasteiger partial charge in [-0.15, -0.1) is 0 Å². The number of allylic oxidation sites excluding steroid dienone is 20. The van der Waals surface area contributed by atoms with E-state index in [0.717, 1.165) is 51.4 Å². The van der Waals surface area contributed by atoms with E-state index in [1.165, 1.54) is 51.4 Å². The fourth-order valence-corrected chi connectivity index (χ4v) is 4.69. The summed E-state index contributed by atoms with van der Waals surface area (Å²) in [5.41, 5.74) is 0. The van der Waals surface area contributed by atoms with Crippen LogP contribution in [0.4, 0.5) is 0 Å². The molecule has 0 aliphatic heterocycles. The van der Waals surface area contributed by atoms with Crippen molar-refractivity contribution < 1.29 is 24.2 Å². The van der Waals surface area contributed by atoms with Gasteiger partial charge in [0.15, 0.2) is 6.10 Å². The van der Waals surface area contributed by atoms with Crippen molar-refractivity contribution in [3.63, 3.8) is 0 Å². The van der Waals surface area contributed by atoms with Crippen LogP contribution in [0.1, 0.15) is 142 Å². The summed E-state index contributed by atoms with van der Waals surface area (Å²) >= 11 is 0. The number of ether oxygens (including phenoxy) is 2. The largest absolute Gasteiger partial charge is 0.462 e. The first-order chi connectivity index (χ1) is 25.6. The van der Waals surface area contributed by atoms with Crippen molar-refractivity contribution in [3.8, 4) is 0 Å². The van der Waals surface area contributed by atoms with Crippen LogP contribution in [0.5, 0.6) is 0 Å². The van der Waals surface area contributed by atoms with Gasteiger partial charge in [0.25, 0.3) is 0 Å².